The van der Waals surface area contributed by atoms with E-state index in [4.69, 9.17) is 66.6 Å². The first-order valence-electron chi connectivity index (χ1n) is 23.6. The van der Waals surface area contributed by atoms with Crippen molar-refractivity contribution in [1.29, 1.82) is 0 Å². The zero-order chi connectivity index (χ0) is 54.8. The Bertz CT molecular complexity index is 1760. The van der Waals surface area contributed by atoms with Gasteiger partial charge in [-0.25, -0.2) is 4.57 Å². The van der Waals surface area contributed by atoms with Crippen molar-refractivity contribution in [3.8, 4) is 0 Å². The molecule has 6 saturated heterocycles. The normalized spacial score (nSPS) is 49.8. The molecule has 0 aliphatic carbocycles. The smallest absolute Gasteiger partial charge is 0.394 e. The fraction of sp³-hybridized carbons (Fsp3) is 1.00. The van der Waals surface area contributed by atoms with Crippen LogP contribution in [-0.2, 0) is 65.9 Å². The lowest BCUT2D eigenvalue weighted by Crippen LogP contribution is -2.67. The summed E-state index contributed by atoms with van der Waals surface area (Å²) < 4.78 is 84.1. The van der Waals surface area contributed by atoms with E-state index in [1.54, 1.807) is 6.92 Å². The lowest BCUT2D eigenvalue weighted by molar-refractivity contribution is -0.392. The maximum atomic E-state index is 11.7. The molecule has 6 heterocycles. The third kappa shape index (κ3) is 14.1. The second-order valence-electron chi connectivity index (χ2n) is 18.8. The summed E-state index contributed by atoms with van der Waals surface area (Å²) in [4.78, 5) is 18.3. The van der Waals surface area contributed by atoms with E-state index in [-0.39, 0.29) is 6.42 Å². The highest BCUT2D eigenvalue weighted by molar-refractivity contribution is 7.46. The Balaban J connectivity index is 1.17. The number of rotatable bonds is 20. The van der Waals surface area contributed by atoms with Gasteiger partial charge in [0, 0.05) is 0 Å². The number of ether oxygens (including phenoxy) is 12. The van der Waals surface area contributed by atoms with Crippen molar-refractivity contribution in [3.63, 3.8) is 0 Å². The lowest BCUT2D eigenvalue weighted by Gasteiger charge is -2.49. The van der Waals surface area contributed by atoms with Crippen LogP contribution in [0.15, 0.2) is 0 Å². The Morgan fingerprint density at radius 1 is 0.392 bits per heavy atom. The highest BCUT2D eigenvalue weighted by atomic mass is 31.2. The van der Waals surface area contributed by atoms with Crippen LogP contribution in [0.4, 0.5) is 0 Å². The molecule has 0 aromatic rings. The number of aliphatic hydroxyl groups is 17. The summed E-state index contributed by atoms with van der Waals surface area (Å²) in [5.74, 6) is 0. The molecule has 0 radical (unpaired) electrons. The molecule has 6 fully saturated rings. The molecule has 0 bridgehead atoms. The molecule has 30 atom stereocenters. The van der Waals surface area contributed by atoms with Crippen LogP contribution >= 0.6 is 7.82 Å². The van der Waals surface area contributed by atoms with Crippen LogP contribution in [0.25, 0.3) is 0 Å². The number of phosphoric ester groups is 1. The van der Waals surface area contributed by atoms with Gasteiger partial charge in [0.2, 0.25) is 0 Å². The van der Waals surface area contributed by atoms with Crippen molar-refractivity contribution in [2.75, 3.05) is 33.0 Å². The highest BCUT2D eigenvalue weighted by Gasteiger charge is 2.56. The van der Waals surface area contributed by atoms with Crippen molar-refractivity contribution in [2.24, 2.45) is 0 Å². The van der Waals surface area contributed by atoms with E-state index in [2.05, 4.69) is 4.52 Å². The second kappa shape index (κ2) is 26.5. The van der Waals surface area contributed by atoms with Crippen molar-refractivity contribution in [1.82, 2.24) is 0 Å². The fourth-order valence-electron chi connectivity index (χ4n) is 8.97. The van der Waals surface area contributed by atoms with Gasteiger partial charge >= 0.3 is 7.82 Å². The summed E-state index contributed by atoms with van der Waals surface area (Å²) in [6.45, 7) is 0.123. The van der Waals surface area contributed by atoms with Crippen molar-refractivity contribution < 1.29 is 163 Å². The Labute approximate surface area is 420 Å². The van der Waals surface area contributed by atoms with E-state index in [9.17, 15) is 91.4 Å². The van der Waals surface area contributed by atoms with E-state index in [0.717, 1.165) is 0 Å². The summed E-state index contributed by atoms with van der Waals surface area (Å²) in [7, 11) is -5.17. The molecule has 74 heavy (non-hydrogen) atoms. The summed E-state index contributed by atoms with van der Waals surface area (Å²) in [6, 6.07) is 0. The van der Waals surface area contributed by atoms with E-state index in [1.807, 2.05) is 0 Å². The Morgan fingerprint density at radius 2 is 0.757 bits per heavy atom. The minimum absolute atomic E-state index is 0.136. The second-order valence-corrected chi connectivity index (χ2v) is 20.1. The summed E-state index contributed by atoms with van der Waals surface area (Å²) in [6.07, 6.45) is -56.5. The minimum Gasteiger partial charge on any atom is -0.394 e. The quantitative estimate of drug-likeness (QED) is 0.0503. The first kappa shape index (κ1) is 62.2. The molecule has 6 rings (SSSR count). The third-order valence-electron chi connectivity index (χ3n) is 13.2. The first-order chi connectivity index (χ1) is 34.7. The zero-order valence-corrected chi connectivity index (χ0v) is 40.7. The van der Waals surface area contributed by atoms with E-state index >= 15 is 0 Å². The van der Waals surface area contributed by atoms with Crippen LogP contribution in [0, 0.1) is 0 Å². The molecule has 33 nitrogen and oxygen atoms in total. The van der Waals surface area contributed by atoms with Gasteiger partial charge in [-0.3, -0.25) is 4.52 Å². The Morgan fingerprint density at radius 3 is 1.24 bits per heavy atom. The van der Waals surface area contributed by atoms with Crippen LogP contribution in [-0.4, -0.2) is 320 Å². The molecular weight excluding hydrogens is 1040 g/mol. The highest BCUT2D eigenvalue weighted by Crippen LogP contribution is 2.39. The average Bonchev–Trinajstić information content (AvgIpc) is 3.35. The number of hydrogen-bond donors (Lipinski definition) is 19. The number of aliphatic hydroxyl groups excluding tert-OH is 17. The van der Waals surface area contributed by atoms with Crippen LogP contribution in [0.3, 0.4) is 0 Å². The van der Waals surface area contributed by atoms with Gasteiger partial charge in [0.1, 0.15) is 140 Å². The van der Waals surface area contributed by atoms with Crippen molar-refractivity contribution in [3.05, 3.63) is 0 Å². The summed E-state index contributed by atoms with van der Waals surface area (Å²) >= 11 is 0. The van der Waals surface area contributed by atoms with Gasteiger partial charge in [0.05, 0.1) is 45.2 Å². The molecular formula is C40H71O33P. The SMILES string of the molecule is CCC1O[C@@H](OC2[C@H](OCC3O[C@@H](OCC4O[C@@H](OC(C)C)C(O)[C@@H](O[C@@H]5OC(CO)[C@H](O)[C@H](O)C5O[C@@H]5OC(COP(=O)(O)O)[C@H](O)[C@H](O)C5O)[C@H]4O)C(O)[C@@H](O)[C@H]3O)OC(CO)[C@H](O)[C@@H]2O)C(O)[C@@H](O)[C@H]1O. The summed E-state index contributed by atoms with van der Waals surface area (Å²) in [5, 5.41) is 183. The predicted molar refractivity (Wildman–Crippen MR) is 227 cm³/mol. The molecule has 0 aromatic carbocycles. The van der Waals surface area contributed by atoms with Gasteiger partial charge in [0.15, 0.2) is 37.7 Å². The van der Waals surface area contributed by atoms with Crippen LogP contribution in [0.2, 0.25) is 0 Å². The van der Waals surface area contributed by atoms with E-state index in [0.29, 0.717) is 0 Å². The molecule has 0 aromatic heterocycles. The van der Waals surface area contributed by atoms with E-state index < -0.39 is 231 Å². The lowest BCUT2D eigenvalue weighted by atomic mass is 9.96. The average molecular weight is 1110 g/mol. The van der Waals surface area contributed by atoms with Crippen LogP contribution in [0.5, 0.6) is 0 Å². The van der Waals surface area contributed by atoms with Gasteiger partial charge in [-0.1, -0.05) is 6.92 Å². The van der Waals surface area contributed by atoms with Crippen LogP contribution < -0.4 is 0 Å². The van der Waals surface area contributed by atoms with Gasteiger partial charge in [-0.15, -0.1) is 0 Å². The molecule has 0 spiro atoms. The predicted octanol–water partition coefficient (Wildman–Crippen LogP) is -11.1. The zero-order valence-electron chi connectivity index (χ0n) is 39.8. The fourth-order valence-corrected chi connectivity index (χ4v) is 9.31. The van der Waals surface area contributed by atoms with Crippen LogP contribution in [0.1, 0.15) is 27.2 Å². The monoisotopic (exact) mass is 1110 g/mol. The van der Waals surface area contributed by atoms with E-state index in [1.165, 1.54) is 13.8 Å². The molecule has 0 amide bonds. The van der Waals surface area contributed by atoms with Crippen molar-refractivity contribution >= 4 is 7.82 Å². The molecule has 6 aliphatic heterocycles. The molecule has 34 heteroatoms. The Kier molecular flexibility index (Phi) is 22.2. The van der Waals surface area contributed by atoms with Gasteiger partial charge in [-0.2, -0.15) is 0 Å². The Hall–Kier alpha value is -1.05. The van der Waals surface area contributed by atoms with Gasteiger partial charge in [0.25, 0.3) is 0 Å². The molecule has 434 valence electrons. The molecule has 0 saturated carbocycles. The van der Waals surface area contributed by atoms with Gasteiger partial charge in [-0.05, 0) is 20.3 Å². The molecule has 12 unspecified atom stereocenters. The van der Waals surface area contributed by atoms with Crippen molar-refractivity contribution in [2.45, 2.75) is 218 Å². The molecule has 19 N–H and O–H groups in total. The number of hydrogen-bond acceptors (Lipinski definition) is 31. The van der Waals surface area contributed by atoms with Gasteiger partial charge < -0.3 is 153 Å². The number of phosphoric acid groups is 1. The largest absolute Gasteiger partial charge is 0.469 e. The first-order valence-corrected chi connectivity index (χ1v) is 25.2. The third-order valence-corrected chi connectivity index (χ3v) is 13.7. The standard InChI is InChI=1S/C40H71O33P/c1-4-11-17(43)23(49)29(55)36(65-11)72-33-26(52)18(44)12(5-41)66-39(33)62-7-14-20(46)24(50)28(54)35(68-14)61-8-15-22(48)32(31(57)38(69-15)64-10(2)3)71-40-34(27(53)19(45)13(6-42)67-40)73-37-30(56)25(51)21(47)16(70-37)9-63-74(58,59)60/h10-57H,4-9H2,1-3H3,(H2,58,59,60)/t11?,12?,13?,14?,15?,16?,17-,18-,19-,20-,21-,22-,23-,24-,25-,26-,27-,28?,29?,30?,31?,32-,33?,34?,35+,36-,37-,38+,39+,40-/m0/s1. The maximum absolute atomic E-state index is 11.7. The maximum Gasteiger partial charge on any atom is 0.469 e. The topological polar surface area (TPSA) is 521 Å². The molecule has 6 aliphatic rings. The minimum atomic E-state index is -5.17. The summed E-state index contributed by atoms with van der Waals surface area (Å²) in [5.41, 5.74) is 0.